The van der Waals surface area contributed by atoms with Crippen LogP contribution in [-0.4, -0.2) is 0 Å². The lowest BCUT2D eigenvalue weighted by Crippen LogP contribution is -2.25. The number of hydrogen-bond donors (Lipinski definition) is 1. The molecule has 0 aliphatic heterocycles. The summed E-state index contributed by atoms with van der Waals surface area (Å²) in [6.07, 6.45) is 0. The average molecular weight is 254 g/mol. The molecule has 2 rings (SSSR count). The van der Waals surface area contributed by atoms with Crippen molar-refractivity contribution in [3.63, 3.8) is 0 Å². The van der Waals surface area contributed by atoms with Gasteiger partial charge in [-0.05, 0) is 23.6 Å². The standard InChI is InChI=1S/C16H18N2O/c1-12(2)16(13-6-4-3-5-7-13)18-11-15-9-8-14(10-17)19-15/h3-9,12,16,18H,11H2,1-2H3. The van der Waals surface area contributed by atoms with Crippen molar-refractivity contribution in [1.82, 2.24) is 5.32 Å². The molecule has 0 saturated carbocycles. The van der Waals surface area contributed by atoms with E-state index >= 15 is 0 Å². The van der Waals surface area contributed by atoms with Crippen LogP contribution in [0, 0.1) is 17.2 Å². The molecule has 0 aliphatic carbocycles. The van der Waals surface area contributed by atoms with E-state index in [0.29, 0.717) is 18.2 Å². The van der Waals surface area contributed by atoms with E-state index in [9.17, 15) is 0 Å². The van der Waals surface area contributed by atoms with Crippen LogP contribution in [0.2, 0.25) is 0 Å². The number of furan rings is 1. The van der Waals surface area contributed by atoms with E-state index in [4.69, 9.17) is 9.68 Å². The van der Waals surface area contributed by atoms with Crippen molar-refractivity contribution in [3.05, 3.63) is 59.5 Å². The van der Waals surface area contributed by atoms with Gasteiger partial charge in [0.2, 0.25) is 5.76 Å². The Morgan fingerprint density at radius 1 is 1.16 bits per heavy atom. The molecule has 1 heterocycles. The Morgan fingerprint density at radius 3 is 2.47 bits per heavy atom. The molecule has 0 aliphatic rings. The fourth-order valence-corrected chi connectivity index (χ4v) is 2.14. The van der Waals surface area contributed by atoms with Crippen LogP contribution in [0.3, 0.4) is 0 Å². The van der Waals surface area contributed by atoms with Crippen LogP contribution in [0.5, 0.6) is 0 Å². The number of rotatable bonds is 5. The zero-order valence-electron chi connectivity index (χ0n) is 11.3. The van der Waals surface area contributed by atoms with Crippen LogP contribution in [0.25, 0.3) is 0 Å². The van der Waals surface area contributed by atoms with Gasteiger partial charge in [-0.3, -0.25) is 0 Å². The van der Waals surface area contributed by atoms with Crippen molar-refractivity contribution < 1.29 is 4.42 Å². The zero-order valence-corrected chi connectivity index (χ0v) is 11.3. The number of hydrogen-bond acceptors (Lipinski definition) is 3. The van der Waals surface area contributed by atoms with Crippen LogP contribution in [0.4, 0.5) is 0 Å². The van der Waals surface area contributed by atoms with Crippen molar-refractivity contribution >= 4 is 0 Å². The predicted octanol–water partition coefficient (Wildman–Crippen LogP) is 3.64. The number of nitrogens with one attached hydrogen (secondary N) is 1. The van der Waals surface area contributed by atoms with Gasteiger partial charge >= 0.3 is 0 Å². The van der Waals surface area contributed by atoms with Gasteiger partial charge in [-0.2, -0.15) is 5.26 Å². The zero-order chi connectivity index (χ0) is 13.7. The first kappa shape index (κ1) is 13.4. The van der Waals surface area contributed by atoms with E-state index in [0.717, 1.165) is 5.76 Å². The highest BCUT2D eigenvalue weighted by atomic mass is 16.3. The molecule has 0 amide bonds. The quantitative estimate of drug-likeness (QED) is 0.886. The van der Waals surface area contributed by atoms with E-state index in [2.05, 4.69) is 31.3 Å². The van der Waals surface area contributed by atoms with Crippen LogP contribution < -0.4 is 5.32 Å². The minimum absolute atomic E-state index is 0.275. The highest BCUT2D eigenvalue weighted by Crippen LogP contribution is 2.22. The summed E-state index contributed by atoms with van der Waals surface area (Å²) in [5.41, 5.74) is 1.27. The molecule has 0 spiro atoms. The lowest BCUT2D eigenvalue weighted by atomic mass is 9.96. The molecule has 1 unspecified atom stereocenters. The molecule has 0 bridgehead atoms. The van der Waals surface area contributed by atoms with Gasteiger partial charge in [0.15, 0.2) is 0 Å². The van der Waals surface area contributed by atoms with Gasteiger partial charge in [0, 0.05) is 6.04 Å². The van der Waals surface area contributed by atoms with Gasteiger partial charge in [0.25, 0.3) is 0 Å². The fourth-order valence-electron chi connectivity index (χ4n) is 2.14. The Labute approximate surface area is 113 Å². The van der Waals surface area contributed by atoms with Gasteiger partial charge in [0.05, 0.1) is 6.54 Å². The van der Waals surface area contributed by atoms with Crippen molar-refractivity contribution in [2.45, 2.75) is 26.4 Å². The molecular formula is C16H18N2O. The first-order chi connectivity index (χ1) is 9.20. The Kier molecular flexibility index (Phi) is 4.38. The Bertz CT molecular complexity index is 552. The van der Waals surface area contributed by atoms with E-state index in [-0.39, 0.29) is 6.04 Å². The molecule has 2 aromatic rings. The smallest absolute Gasteiger partial charge is 0.203 e. The SMILES string of the molecule is CC(C)C(NCc1ccc(C#N)o1)c1ccccc1. The minimum atomic E-state index is 0.275. The van der Waals surface area contributed by atoms with E-state index in [1.807, 2.05) is 30.3 Å². The third-order valence-electron chi connectivity index (χ3n) is 3.09. The van der Waals surface area contributed by atoms with E-state index in [1.54, 1.807) is 6.07 Å². The van der Waals surface area contributed by atoms with Gasteiger partial charge in [-0.1, -0.05) is 44.2 Å². The number of nitriles is 1. The predicted molar refractivity (Wildman–Crippen MR) is 74.3 cm³/mol. The van der Waals surface area contributed by atoms with Crippen LogP contribution in [0.15, 0.2) is 46.9 Å². The summed E-state index contributed by atoms with van der Waals surface area (Å²) in [4.78, 5) is 0. The van der Waals surface area contributed by atoms with Crippen molar-refractivity contribution in [1.29, 1.82) is 5.26 Å². The molecular weight excluding hydrogens is 236 g/mol. The Balaban J connectivity index is 2.04. The highest BCUT2D eigenvalue weighted by molar-refractivity contribution is 5.21. The average Bonchev–Trinajstić information content (AvgIpc) is 2.88. The molecule has 1 atom stereocenters. The second-order valence-electron chi connectivity index (χ2n) is 4.89. The lowest BCUT2D eigenvalue weighted by molar-refractivity contribution is 0.382. The topological polar surface area (TPSA) is 49.0 Å². The maximum Gasteiger partial charge on any atom is 0.203 e. The van der Waals surface area contributed by atoms with E-state index < -0.39 is 0 Å². The van der Waals surface area contributed by atoms with Gasteiger partial charge in [-0.15, -0.1) is 0 Å². The van der Waals surface area contributed by atoms with Crippen LogP contribution >= 0.6 is 0 Å². The van der Waals surface area contributed by atoms with Gasteiger partial charge < -0.3 is 9.73 Å². The molecule has 1 aromatic carbocycles. The maximum absolute atomic E-state index is 8.73. The molecule has 98 valence electrons. The third kappa shape index (κ3) is 3.46. The monoisotopic (exact) mass is 254 g/mol. The van der Waals surface area contributed by atoms with Gasteiger partial charge in [-0.25, -0.2) is 0 Å². The highest BCUT2D eigenvalue weighted by Gasteiger charge is 2.15. The van der Waals surface area contributed by atoms with E-state index in [1.165, 1.54) is 5.56 Å². The molecule has 1 aromatic heterocycles. The number of benzene rings is 1. The van der Waals surface area contributed by atoms with Crippen molar-refractivity contribution in [3.8, 4) is 6.07 Å². The second kappa shape index (κ2) is 6.21. The Morgan fingerprint density at radius 2 is 1.89 bits per heavy atom. The first-order valence-electron chi connectivity index (χ1n) is 6.48. The molecule has 19 heavy (non-hydrogen) atoms. The number of nitrogens with zero attached hydrogens (tertiary/aromatic N) is 1. The lowest BCUT2D eigenvalue weighted by Gasteiger charge is -2.22. The molecule has 3 heteroatoms. The largest absolute Gasteiger partial charge is 0.449 e. The Hall–Kier alpha value is -2.05. The summed E-state index contributed by atoms with van der Waals surface area (Å²) in [7, 11) is 0. The molecule has 3 nitrogen and oxygen atoms in total. The minimum Gasteiger partial charge on any atom is -0.449 e. The van der Waals surface area contributed by atoms with Crippen molar-refractivity contribution in [2.75, 3.05) is 0 Å². The molecule has 0 radical (unpaired) electrons. The summed E-state index contributed by atoms with van der Waals surface area (Å²) < 4.78 is 5.38. The summed E-state index contributed by atoms with van der Waals surface area (Å²) in [6.45, 7) is 5.00. The molecule has 1 N–H and O–H groups in total. The van der Waals surface area contributed by atoms with Gasteiger partial charge in [0.1, 0.15) is 11.8 Å². The van der Waals surface area contributed by atoms with Crippen LogP contribution in [-0.2, 0) is 6.54 Å². The fraction of sp³-hybridized carbons (Fsp3) is 0.312. The van der Waals surface area contributed by atoms with Crippen molar-refractivity contribution in [2.24, 2.45) is 5.92 Å². The third-order valence-corrected chi connectivity index (χ3v) is 3.09. The summed E-state index contributed by atoms with van der Waals surface area (Å²) >= 11 is 0. The summed E-state index contributed by atoms with van der Waals surface area (Å²) in [6, 6.07) is 16.2. The normalized spacial score (nSPS) is 12.3. The maximum atomic E-state index is 8.73. The summed E-state index contributed by atoms with van der Waals surface area (Å²) in [5, 5.41) is 12.2. The molecule has 0 saturated heterocycles. The van der Waals surface area contributed by atoms with Crippen LogP contribution in [0.1, 0.15) is 37.0 Å². The summed E-state index contributed by atoms with van der Waals surface area (Å²) in [5.74, 6) is 1.63. The first-order valence-corrected chi connectivity index (χ1v) is 6.48. The second-order valence-corrected chi connectivity index (χ2v) is 4.89. The molecule has 0 fully saturated rings.